The Bertz CT molecular complexity index is 1180. The monoisotopic (exact) mass is 491 g/mol. The Morgan fingerprint density at radius 2 is 1.89 bits per heavy atom. The largest absolute Gasteiger partial charge is 0.481 e. The van der Waals surface area contributed by atoms with Crippen LogP contribution in [-0.4, -0.2) is 58.7 Å². The van der Waals surface area contributed by atoms with E-state index in [1.807, 2.05) is 30.3 Å². The van der Waals surface area contributed by atoms with E-state index in [9.17, 15) is 19.5 Å². The number of carboxylic acids is 1. The van der Waals surface area contributed by atoms with Crippen molar-refractivity contribution in [2.45, 2.75) is 44.3 Å². The fourth-order valence-corrected chi connectivity index (χ4v) is 5.03. The Morgan fingerprint density at radius 3 is 2.69 bits per heavy atom. The Kier molecular flexibility index (Phi) is 6.79. The summed E-state index contributed by atoms with van der Waals surface area (Å²) in [6, 6.07) is 13.0. The molecular weight excluding hydrogens is 462 g/mol. The first-order valence-corrected chi connectivity index (χ1v) is 12.2. The highest BCUT2D eigenvalue weighted by atomic mass is 16.7. The van der Waals surface area contributed by atoms with Gasteiger partial charge in [-0.1, -0.05) is 42.5 Å². The van der Waals surface area contributed by atoms with E-state index in [0.29, 0.717) is 36.7 Å². The molecule has 0 bridgehead atoms. The molecule has 0 radical (unpaired) electrons. The van der Waals surface area contributed by atoms with E-state index in [4.69, 9.17) is 9.47 Å². The van der Waals surface area contributed by atoms with Crippen LogP contribution in [0.2, 0.25) is 0 Å². The second-order valence-electron chi connectivity index (χ2n) is 9.25. The Hall–Kier alpha value is -4.01. The van der Waals surface area contributed by atoms with Crippen LogP contribution < -0.4 is 14.8 Å². The Balaban J connectivity index is 1.37. The summed E-state index contributed by atoms with van der Waals surface area (Å²) in [5, 5.41) is 12.4. The van der Waals surface area contributed by atoms with E-state index in [1.165, 1.54) is 0 Å². The van der Waals surface area contributed by atoms with Crippen LogP contribution in [0.4, 0.5) is 4.79 Å². The van der Waals surface area contributed by atoms with E-state index in [-0.39, 0.29) is 19.1 Å². The number of nitrogens with zero attached hydrogens (tertiary/aromatic N) is 2. The Labute approximate surface area is 209 Å². The molecule has 9 heteroatoms. The molecule has 3 aliphatic rings. The van der Waals surface area contributed by atoms with E-state index < -0.39 is 24.1 Å². The molecule has 1 fully saturated rings. The second kappa shape index (κ2) is 10.3. The van der Waals surface area contributed by atoms with Crippen LogP contribution in [-0.2, 0) is 16.1 Å². The molecule has 3 aliphatic heterocycles. The molecule has 2 N–H and O–H groups in total. The fourth-order valence-electron chi connectivity index (χ4n) is 5.03. The Morgan fingerprint density at radius 1 is 1.08 bits per heavy atom. The summed E-state index contributed by atoms with van der Waals surface area (Å²) in [4.78, 5) is 42.2. The molecule has 2 atom stereocenters. The highest BCUT2D eigenvalue weighted by Gasteiger charge is 2.39. The number of rotatable bonds is 6. The summed E-state index contributed by atoms with van der Waals surface area (Å²) in [6.07, 6.45) is 4.17. The lowest BCUT2D eigenvalue weighted by Crippen LogP contribution is -2.56. The standard InChI is InChI=1S/C27H29N3O6/c31-24(32)15-21(20-9-10-22-23(14-20)36-17-35-22)28-27(34)30-12-5-4-8-19-11-13-29(26(33)25(19)30)16-18-6-2-1-3-7-18/h1-3,6-7,9-11,14,21,25H,4-5,8,12-13,15-17H2,(H,28,34)(H,31,32). The third kappa shape index (κ3) is 5.00. The number of urea groups is 1. The smallest absolute Gasteiger partial charge is 0.318 e. The van der Waals surface area contributed by atoms with Crippen LogP contribution in [0.15, 0.2) is 60.2 Å². The number of ether oxygens (including phenoxy) is 2. The van der Waals surface area contributed by atoms with Gasteiger partial charge in [0.05, 0.1) is 12.5 Å². The molecule has 3 amide bonds. The number of hydrogen-bond acceptors (Lipinski definition) is 5. The van der Waals surface area contributed by atoms with Gasteiger partial charge in [-0.15, -0.1) is 0 Å². The molecule has 188 valence electrons. The van der Waals surface area contributed by atoms with Crippen molar-refractivity contribution in [1.82, 2.24) is 15.1 Å². The van der Waals surface area contributed by atoms with Gasteiger partial charge in [0.2, 0.25) is 12.7 Å². The van der Waals surface area contributed by atoms with Crippen molar-refractivity contribution in [2.24, 2.45) is 0 Å². The highest BCUT2D eigenvalue weighted by Crippen LogP contribution is 2.35. The lowest BCUT2D eigenvalue weighted by Gasteiger charge is -2.38. The minimum absolute atomic E-state index is 0.0981. The zero-order valence-corrected chi connectivity index (χ0v) is 19.9. The minimum atomic E-state index is -1.04. The number of carbonyl (C=O) groups excluding carboxylic acids is 2. The first kappa shape index (κ1) is 23.7. The van der Waals surface area contributed by atoms with Gasteiger partial charge in [-0.25, -0.2) is 4.79 Å². The summed E-state index contributed by atoms with van der Waals surface area (Å²) in [6.45, 7) is 1.49. The van der Waals surface area contributed by atoms with Crippen LogP contribution >= 0.6 is 0 Å². The maximum absolute atomic E-state index is 13.6. The van der Waals surface area contributed by atoms with Crippen LogP contribution in [0, 0.1) is 0 Å². The van der Waals surface area contributed by atoms with E-state index in [0.717, 1.165) is 30.4 Å². The number of carbonyl (C=O) groups is 3. The molecular formula is C27H29N3O6. The molecule has 5 rings (SSSR count). The first-order valence-electron chi connectivity index (χ1n) is 12.2. The van der Waals surface area contributed by atoms with Crippen molar-refractivity contribution in [1.29, 1.82) is 0 Å². The minimum Gasteiger partial charge on any atom is -0.481 e. The average molecular weight is 492 g/mol. The quantitative estimate of drug-likeness (QED) is 0.599. The maximum Gasteiger partial charge on any atom is 0.318 e. The number of carboxylic acid groups (broad SMARTS) is 1. The van der Waals surface area contributed by atoms with Crippen LogP contribution in [0.5, 0.6) is 11.5 Å². The molecule has 0 aromatic heterocycles. The summed E-state index contributed by atoms with van der Waals surface area (Å²) in [5.74, 6) is -0.0626. The molecule has 2 aromatic rings. The van der Waals surface area contributed by atoms with Gasteiger partial charge in [0.15, 0.2) is 11.5 Å². The molecule has 9 nitrogen and oxygen atoms in total. The van der Waals surface area contributed by atoms with Gasteiger partial charge >= 0.3 is 12.0 Å². The van der Waals surface area contributed by atoms with Gasteiger partial charge in [0, 0.05) is 19.6 Å². The molecule has 0 aliphatic carbocycles. The number of aliphatic carboxylic acids is 1. The van der Waals surface area contributed by atoms with Crippen molar-refractivity contribution in [2.75, 3.05) is 19.9 Å². The molecule has 1 saturated heterocycles. The van der Waals surface area contributed by atoms with Crippen molar-refractivity contribution in [3.63, 3.8) is 0 Å². The predicted molar refractivity (Wildman–Crippen MR) is 130 cm³/mol. The van der Waals surface area contributed by atoms with E-state index >= 15 is 0 Å². The van der Waals surface area contributed by atoms with Gasteiger partial charge < -0.3 is 29.7 Å². The number of amides is 3. The zero-order valence-electron chi connectivity index (χ0n) is 19.9. The zero-order chi connectivity index (χ0) is 25.1. The van der Waals surface area contributed by atoms with Crippen molar-refractivity contribution >= 4 is 17.9 Å². The predicted octanol–water partition coefficient (Wildman–Crippen LogP) is 3.46. The second-order valence-corrected chi connectivity index (χ2v) is 9.25. The van der Waals surface area contributed by atoms with Gasteiger partial charge in [0.1, 0.15) is 6.04 Å². The number of likely N-dealkylation sites (tertiary alicyclic amines) is 1. The normalized spacial score (nSPS) is 19.7. The van der Waals surface area contributed by atoms with E-state index in [1.54, 1.807) is 28.0 Å². The molecule has 2 aromatic carbocycles. The number of nitrogens with one attached hydrogen (secondary N) is 1. The summed E-state index contributed by atoms with van der Waals surface area (Å²) >= 11 is 0. The topological polar surface area (TPSA) is 108 Å². The van der Waals surface area contributed by atoms with Gasteiger partial charge in [-0.3, -0.25) is 9.59 Å². The average Bonchev–Trinajstić information content (AvgIpc) is 3.23. The third-order valence-electron chi connectivity index (χ3n) is 6.85. The summed E-state index contributed by atoms with van der Waals surface area (Å²) < 4.78 is 10.8. The number of fused-ring (bicyclic) bond motifs is 2. The van der Waals surface area contributed by atoms with Crippen LogP contribution in [0.3, 0.4) is 0 Å². The van der Waals surface area contributed by atoms with Crippen molar-refractivity contribution in [3.8, 4) is 11.5 Å². The third-order valence-corrected chi connectivity index (χ3v) is 6.85. The maximum atomic E-state index is 13.6. The molecule has 0 saturated carbocycles. The molecule has 2 unspecified atom stereocenters. The lowest BCUT2D eigenvalue weighted by atomic mass is 9.96. The molecule has 0 spiro atoms. The fraction of sp³-hybridized carbons (Fsp3) is 0.370. The van der Waals surface area contributed by atoms with Crippen LogP contribution in [0.25, 0.3) is 0 Å². The molecule has 3 heterocycles. The number of benzene rings is 2. The van der Waals surface area contributed by atoms with E-state index in [2.05, 4.69) is 11.4 Å². The first-order chi connectivity index (χ1) is 17.5. The SMILES string of the molecule is O=C(O)CC(NC(=O)N1CCCCC2=CCN(Cc3ccccc3)C(=O)C21)c1ccc2c(c1)OCO2. The lowest BCUT2D eigenvalue weighted by molar-refractivity contribution is -0.138. The van der Waals surface area contributed by atoms with Gasteiger partial charge in [-0.2, -0.15) is 0 Å². The van der Waals surface area contributed by atoms with Crippen LogP contribution in [0.1, 0.15) is 42.9 Å². The van der Waals surface area contributed by atoms with Crippen molar-refractivity contribution in [3.05, 3.63) is 71.3 Å². The summed E-state index contributed by atoms with van der Waals surface area (Å²) in [7, 11) is 0. The number of hydrogen-bond donors (Lipinski definition) is 2. The van der Waals surface area contributed by atoms with Gasteiger partial charge in [-0.05, 0) is 48.1 Å². The molecule has 36 heavy (non-hydrogen) atoms. The van der Waals surface area contributed by atoms with Gasteiger partial charge in [0.25, 0.3) is 0 Å². The van der Waals surface area contributed by atoms with Crippen molar-refractivity contribution < 1.29 is 29.0 Å². The highest BCUT2D eigenvalue weighted by molar-refractivity contribution is 5.91. The summed E-state index contributed by atoms with van der Waals surface area (Å²) in [5.41, 5.74) is 2.58.